The van der Waals surface area contributed by atoms with Gasteiger partial charge in [0.25, 0.3) is 11.6 Å². The summed E-state index contributed by atoms with van der Waals surface area (Å²) in [7, 11) is 0. The van der Waals surface area contributed by atoms with Gasteiger partial charge in [-0.15, -0.1) is 0 Å². The highest BCUT2D eigenvalue weighted by molar-refractivity contribution is 6.02. The molecule has 2 heterocycles. The Morgan fingerprint density at radius 3 is 2.74 bits per heavy atom. The summed E-state index contributed by atoms with van der Waals surface area (Å²) in [4.78, 5) is 23.3. The minimum Gasteiger partial charge on any atom is -0.451 e. The van der Waals surface area contributed by atoms with E-state index >= 15 is 0 Å². The van der Waals surface area contributed by atoms with E-state index in [2.05, 4.69) is 10.4 Å². The molecule has 0 spiro atoms. The maximum atomic E-state index is 12.6. The summed E-state index contributed by atoms with van der Waals surface area (Å²) in [5.41, 5.74) is 0.260. The van der Waals surface area contributed by atoms with Crippen LogP contribution in [-0.4, -0.2) is 20.6 Å². The summed E-state index contributed by atoms with van der Waals surface area (Å²) < 4.78 is 7.43. The summed E-state index contributed by atoms with van der Waals surface area (Å²) in [6.45, 7) is 0. The van der Waals surface area contributed by atoms with E-state index in [-0.39, 0.29) is 17.2 Å². The summed E-state index contributed by atoms with van der Waals surface area (Å²) >= 11 is 0. The predicted octanol–water partition coefficient (Wildman–Crippen LogP) is 4.42. The maximum absolute atomic E-state index is 12.6. The van der Waals surface area contributed by atoms with Crippen LogP contribution in [0.1, 0.15) is 42.3 Å². The first kappa shape index (κ1) is 17.0. The Hall–Kier alpha value is -3.42. The third-order valence-corrected chi connectivity index (χ3v) is 4.78. The SMILES string of the molecule is O=C(Nc1ccnn1C1CCCC1)c1ccc(-c2ccccc2[N+](=O)[O-])o1. The predicted molar refractivity (Wildman–Crippen MR) is 98.5 cm³/mol. The molecule has 1 N–H and O–H groups in total. The lowest BCUT2D eigenvalue weighted by Gasteiger charge is -2.14. The van der Waals surface area contributed by atoms with Gasteiger partial charge in [-0.1, -0.05) is 25.0 Å². The lowest BCUT2D eigenvalue weighted by Crippen LogP contribution is -2.17. The number of nitro benzene ring substituents is 1. The number of anilines is 1. The first-order valence-electron chi connectivity index (χ1n) is 8.82. The molecule has 1 amide bonds. The van der Waals surface area contributed by atoms with E-state index in [1.807, 2.05) is 4.68 Å². The molecule has 0 radical (unpaired) electrons. The molecule has 1 fully saturated rings. The molecule has 0 saturated heterocycles. The van der Waals surface area contributed by atoms with Crippen LogP contribution in [0, 0.1) is 10.1 Å². The Balaban J connectivity index is 1.55. The number of nitrogens with one attached hydrogen (secondary N) is 1. The second-order valence-electron chi connectivity index (χ2n) is 6.49. The lowest BCUT2D eigenvalue weighted by molar-refractivity contribution is -0.384. The van der Waals surface area contributed by atoms with Gasteiger partial charge < -0.3 is 9.73 Å². The van der Waals surface area contributed by atoms with Crippen LogP contribution < -0.4 is 5.32 Å². The number of hydrogen-bond acceptors (Lipinski definition) is 5. The molecule has 3 aromatic rings. The fraction of sp³-hybridized carbons (Fsp3) is 0.263. The number of benzene rings is 1. The van der Waals surface area contributed by atoms with Crippen LogP contribution in [0.2, 0.25) is 0 Å². The van der Waals surface area contributed by atoms with Gasteiger partial charge >= 0.3 is 0 Å². The molecule has 0 unspecified atom stereocenters. The second kappa shape index (κ2) is 7.06. The molecule has 0 bridgehead atoms. The van der Waals surface area contributed by atoms with Crippen molar-refractivity contribution in [1.82, 2.24) is 9.78 Å². The van der Waals surface area contributed by atoms with Gasteiger partial charge in [0, 0.05) is 12.1 Å². The van der Waals surface area contributed by atoms with Crippen LogP contribution >= 0.6 is 0 Å². The molecule has 1 aliphatic rings. The first-order chi connectivity index (χ1) is 13.1. The molecule has 1 aliphatic carbocycles. The monoisotopic (exact) mass is 366 g/mol. The van der Waals surface area contributed by atoms with E-state index in [0.29, 0.717) is 17.4 Å². The largest absolute Gasteiger partial charge is 0.451 e. The van der Waals surface area contributed by atoms with Gasteiger partial charge in [-0.3, -0.25) is 14.9 Å². The molecule has 27 heavy (non-hydrogen) atoms. The van der Waals surface area contributed by atoms with E-state index in [1.54, 1.807) is 36.5 Å². The molecule has 0 aliphatic heterocycles. The number of aromatic nitrogens is 2. The lowest BCUT2D eigenvalue weighted by atomic mass is 10.1. The van der Waals surface area contributed by atoms with Crippen molar-refractivity contribution in [1.29, 1.82) is 0 Å². The van der Waals surface area contributed by atoms with E-state index in [0.717, 1.165) is 25.7 Å². The fourth-order valence-electron chi connectivity index (χ4n) is 3.48. The van der Waals surface area contributed by atoms with Gasteiger partial charge in [-0.25, -0.2) is 4.68 Å². The zero-order valence-electron chi connectivity index (χ0n) is 14.5. The van der Waals surface area contributed by atoms with Crippen LogP contribution in [0.25, 0.3) is 11.3 Å². The van der Waals surface area contributed by atoms with Crippen molar-refractivity contribution in [3.8, 4) is 11.3 Å². The average molecular weight is 366 g/mol. The van der Waals surface area contributed by atoms with Crippen molar-refractivity contribution in [2.45, 2.75) is 31.7 Å². The van der Waals surface area contributed by atoms with Crippen molar-refractivity contribution in [3.63, 3.8) is 0 Å². The normalized spacial score (nSPS) is 14.4. The zero-order valence-corrected chi connectivity index (χ0v) is 14.5. The number of hydrogen-bond donors (Lipinski definition) is 1. The van der Waals surface area contributed by atoms with Crippen LogP contribution in [0.4, 0.5) is 11.5 Å². The Morgan fingerprint density at radius 2 is 1.96 bits per heavy atom. The second-order valence-corrected chi connectivity index (χ2v) is 6.49. The Kier molecular flexibility index (Phi) is 4.45. The minimum atomic E-state index is -0.474. The Labute approximate surface area is 154 Å². The summed E-state index contributed by atoms with van der Waals surface area (Å²) in [5.74, 6) is 0.564. The standard InChI is InChI=1S/C19H18N4O4/c24-19(21-18-11-12-20-22(18)13-5-1-2-6-13)17-10-9-16(27-17)14-7-3-4-8-15(14)23(25)26/h3-4,7-13H,1-2,5-6H2,(H,21,24). The molecule has 8 nitrogen and oxygen atoms in total. The smallest absolute Gasteiger partial charge is 0.292 e. The molecule has 1 saturated carbocycles. The van der Waals surface area contributed by atoms with Gasteiger partial charge in [-0.05, 0) is 31.0 Å². The number of rotatable bonds is 5. The number of carbonyl (C=O) groups is 1. The quantitative estimate of drug-likeness (QED) is 0.532. The highest BCUT2D eigenvalue weighted by Gasteiger charge is 2.22. The van der Waals surface area contributed by atoms with Gasteiger partial charge in [0.15, 0.2) is 5.76 Å². The fourth-order valence-corrected chi connectivity index (χ4v) is 3.48. The topological polar surface area (TPSA) is 103 Å². The van der Waals surface area contributed by atoms with E-state index in [4.69, 9.17) is 4.42 Å². The number of nitrogens with zero attached hydrogens (tertiary/aromatic N) is 3. The van der Waals surface area contributed by atoms with Gasteiger partial charge in [-0.2, -0.15) is 5.10 Å². The number of furan rings is 1. The Morgan fingerprint density at radius 1 is 1.19 bits per heavy atom. The van der Waals surface area contributed by atoms with Crippen molar-refractivity contribution in [2.24, 2.45) is 0 Å². The molecule has 1 aromatic carbocycles. The molecular formula is C19H18N4O4. The molecule has 8 heteroatoms. The van der Waals surface area contributed by atoms with Crippen molar-refractivity contribution < 1.29 is 14.1 Å². The van der Waals surface area contributed by atoms with Gasteiger partial charge in [0.1, 0.15) is 11.6 Å². The van der Waals surface area contributed by atoms with Crippen molar-refractivity contribution in [2.75, 3.05) is 5.32 Å². The molecular weight excluding hydrogens is 348 g/mol. The number of para-hydroxylation sites is 1. The molecule has 2 aromatic heterocycles. The Bertz CT molecular complexity index is 985. The molecule has 4 rings (SSSR count). The summed E-state index contributed by atoms with van der Waals surface area (Å²) in [5, 5.41) is 18.3. The van der Waals surface area contributed by atoms with E-state index < -0.39 is 10.8 Å². The molecule has 0 atom stereocenters. The maximum Gasteiger partial charge on any atom is 0.292 e. The zero-order chi connectivity index (χ0) is 18.8. The third kappa shape index (κ3) is 3.33. The summed E-state index contributed by atoms with van der Waals surface area (Å²) in [6.07, 6.45) is 6.08. The number of nitro groups is 1. The van der Waals surface area contributed by atoms with Crippen molar-refractivity contribution >= 4 is 17.4 Å². The number of carbonyl (C=O) groups excluding carboxylic acids is 1. The van der Waals surface area contributed by atoms with Crippen LogP contribution in [-0.2, 0) is 0 Å². The van der Waals surface area contributed by atoms with Gasteiger partial charge in [0.05, 0.1) is 22.7 Å². The van der Waals surface area contributed by atoms with Crippen molar-refractivity contribution in [3.05, 3.63) is 64.5 Å². The molecule has 138 valence electrons. The van der Waals surface area contributed by atoms with E-state index in [1.165, 1.54) is 12.1 Å². The number of amides is 1. The minimum absolute atomic E-state index is 0.0712. The van der Waals surface area contributed by atoms with Crippen LogP contribution in [0.5, 0.6) is 0 Å². The third-order valence-electron chi connectivity index (χ3n) is 4.78. The first-order valence-corrected chi connectivity index (χ1v) is 8.82. The van der Waals surface area contributed by atoms with Crippen LogP contribution in [0.15, 0.2) is 53.1 Å². The van der Waals surface area contributed by atoms with E-state index in [9.17, 15) is 14.9 Å². The van der Waals surface area contributed by atoms with Crippen LogP contribution in [0.3, 0.4) is 0 Å². The highest BCUT2D eigenvalue weighted by atomic mass is 16.6. The highest BCUT2D eigenvalue weighted by Crippen LogP contribution is 2.32. The average Bonchev–Trinajstić information content (AvgIpc) is 3.42. The van der Waals surface area contributed by atoms with Gasteiger partial charge in [0.2, 0.25) is 0 Å². The summed E-state index contributed by atoms with van der Waals surface area (Å²) in [6, 6.07) is 11.4.